The van der Waals surface area contributed by atoms with Gasteiger partial charge < -0.3 is 19.3 Å². The number of carboxylic acids is 1. The molecule has 1 unspecified atom stereocenters. The number of carboxylic acid groups (broad SMARTS) is 1. The highest BCUT2D eigenvalue weighted by atomic mass is 19.1. The molecule has 4 rings (SSSR count). The Bertz CT molecular complexity index is 1250. The topological polar surface area (TPSA) is 65.0 Å². The van der Waals surface area contributed by atoms with Crippen LogP contribution in [-0.4, -0.2) is 25.3 Å². The molecule has 3 aromatic rings. The summed E-state index contributed by atoms with van der Waals surface area (Å²) in [4.78, 5) is 10.9. The van der Waals surface area contributed by atoms with Gasteiger partial charge in [-0.2, -0.15) is 0 Å². The fourth-order valence-corrected chi connectivity index (χ4v) is 4.51. The van der Waals surface area contributed by atoms with Gasteiger partial charge in [-0.15, -0.1) is 0 Å². The van der Waals surface area contributed by atoms with Crippen LogP contribution in [0, 0.1) is 17.0 Å². The predicted octanol–water partition coefficient (Wildman–Crippen LogP) is 6.72. The SMILES string of the molecule is COc1ccc(F)c(-c2ccc(COc3cccc(CCC(=O)O)c3F)cc2C(OC)C2(C)CC2)c1. The number of carbonyl (C=O) groups is 1. The predicted molar refractivity (Wildman–Crippen MR) is 132 cm³/mol. The Hall–Kier alpha value is -3.45. The van der Waals surface area contributed by atoms with Crippen molar-refractivity contribution < 1.29 is 32.9 Å². The van der Waals surface area contributed by atoms with Gasteiger partial charge in [-0.3, -0.25) is 4.79 Å². The molecule has 1 aliphatic carbocycles. The van der Waals surface area contributed by atoms with Crippen molar-refractivity contribution in [2.45, 2.75) is 45.3 Å². The zero-order valence-corrected chi connectivity index (χ0v) is 20.6. The van der Waals surface area contributed by atoms with Gasteiger partial charge in [0.05, 0.1) is 13.2 Å². The lowest BCUT2D eigenvalue weighted by atomic mass is 9.87. The molecule has 36 heavy (non-hydrogen) atoms. The van der Waals surface area contributed by atoms with Gasteiger partial charge >= 0.3 is 5.97 Å². The van der Waals surface area contributed by atoms with Gasteiger partial charge in [-0.05, 0) is 77.3 Å². The van der Waals surface area contributed by atoms with Crippen LogP contribution in [0.3, 0.4) is 0 Å². The Labute approximate surface area is 209 Å². The molecule has 0 spiro atoms. The van der Waals surface area contributed by atoms with E-state index in [4.69, 9.17) is 19.3 Å². The first kappa shape index (κ1) is 25.6. The molecule has 1 saturated carbocycles. The van der Waals surface area contributed by atoms with Gasteiger partial charge in [0.25, 0.3) is 0 Å². The maximum Gasteiger partial charge on any atom is 0.303 e. The Morgan fingerprint density at radius 3 is 2.50 bits per heavy atom. The van der Waals surface area contributed by atoms with Crippen molar-refractivity contribution in [3.05, 3.63) is 82.9 Å². The molecule has 0 heterocycles. The first-order valence-corrected chi connectivity index (χ1v) is 11.9. The van der Waals surface area contributed by atoms with Crippen molar-refractivity contribution in [2.24, 2.45) is 5.41 Å². The average molecular weight is 497 g/mol. The largest absolute Gasteiger partial charge is 0.497 e. The van der Waals surface area contributed by atoms with Gasteiger partial charge in [-0.1, -0.05) is 31.2 Å². The molecule has 0 amide bonds. The molecular weight excluding hydrogens is 466 g/mol. The molecule has 0 bridgehead atoms. The third-order valence-electron chi connectivity index (χ3n) is 6.82. The normalized spacial score (nSPS) is 14.8. The van der Waals surface area contributed by atoms with Crippen molar-refractivity contribution in [2.75, 3.05) is 14.2 Å². The van der Waals surface area contributed by atoms with Crippen LogP contribution in [0.15, 0.2) is 54.6 Å². The maximum atomic E-state index is 14.9. The number of methoxy groups -OCH3 is 2. The second-order valence-corrected chi connectivity index (χ2v) is 9.45. The Morgan fingerprint density at radius 2 is 1.83 bits per heavy atom. The summed E-state index contributed by atoms with van der Waals surface area (Å²) >= 11 is 0. The molecule has 0 aromatic heterocycles. The molecule has 7 heteroatoms. The van der Waals surface area contributed by atoms with Gasteiger partial charge in [0.1, 0.15) is 18.2 Å². The first-order valence-electron chi connectivity index (χ1n) is 11.9. The van der Waals surface area contributed by atoms with Crippen LogP contribution in [0.25, 0.3) is 11.1 Å². The number of rotatable bonds is 11. The van der Waals surface area contributed by atoms with Crippen LogP contribution in [0.1, 0.15) is 49.0 Å². The van der Waals surface area contributed by atoms with Crippen molar-refractivity contribution in [3.8, 4) is 22.6 Å². The van der Waals surface area contributed by atoms with E-state index < -0.39 is 11.8 Å². The lowest BCUT2D eigenvalue weighted by molar-refractivity contribution is -0.136. The zero-order valence-electron chi connectivity index (χ0n) is 20.6. The summed E-state index contributed by atoms with van der Waals surface area (Å²) in [6.45, 7) is 2.23. The monoisotopic (exact) mass is 496 g/mol. The third kappa shape index (κ3) is 5.51. The van der Waals surface area contributed by atoms with E-state index in [9.17, 15) is 13.6 Å². The lowest BCUT2D eigenvalue weighted by Gasteiger charge is -2.26. The van der Waals surface area contributed by atoms with E-state index in [0.29, 0.717) is 22.4 Å². The van der Waals surface area contributed by atoms with Crippen LogP contribution >= 0.6 is 0 Å². The first-order chi connectivity index (χ1) is 17.3. The lowest BCUT2D eigenvalue weighted by Crippen LogP contribution is -2.15. The van der Waals surface area contributed by atoms with Gasteiger partial charge in [0, 0.05) is 19.1 Å². The van der Waals surface area contributed by atoms with Crippen molar-refractivity contribution in [3.63, 3.8) is 0 Å². The highest BCUT2D eigenvalue weighted by Gasteiger charge is 2.46. The van der Waals surface area contributed by atoms with E-state index in [1.807, 2.05) is 18.2 Å². The van der Waals surface area contributed by atoms with E-state index in [-0.39, 0.29) is 42.5 Å². The quantitative estimate of drug-likeness (QED) is 0.319. The Balaban J connectivity index is 1.66. The maximum absolute atomic E-state index is 14.9. The third-order valence-corrected chi connectivity index (χ3v) is 6.82. The highest BCUT2D eigenvalue weighted by molar-refractivity contribution is 5.71. The van der Waals surface area contributed by atoms with E-state index in [2.05, 4.69) is 6.92 Å². The Kier molecular flexibility index (Phi) is 7.59. The van der Waals surface area contributed by atoms with Crippen LogP contribution in [0.5, 0.6) is 11.5 Å². The van der Waals surface area contributed by atoms with E-state index >= 15 is 0 Å². The molecule has 0 saturated heterocycles. The Morgan fingerprint density at radius 1 is 1.06 bits per heavy atom. The average Bonchev–Trinajstić information content (AvgIpc) is 3.61. The summed E-state index contributed by atoms with van der Waals surface area (Å²) in [5.74, 6) is -1.31. The molecule has 0 radical (unpaired) electrons. The van der Waals surface area contributed by atoms with Crippen LogP contribution in [0.4, 0.5) is 8.78 Å². The molecule has 0 aliphatic heterocycles. The number of benzene rings is 3. The highest BCUT2D eigenvalue weighted by Crippen LogP contribution is 2.57. The summed E-state index contributed by atoms with van der Waals surface area (Å²) in [7, 11) is 3.19. The van der Waals surface area contributed by atoms with Crippen LogP contribution < -0.4 is 9.47 Å². The smallest absolute Gasteiger partial charge is 0.303 e. The molecule has 1 aliphatic rings. The van der Waals surface area contributed by atoms with Gasteiger partial charge in [-0.25, -0.2) is 8.78 Å². The number of hydrogen-bond donors (Lipinski definition) is 1. The van der Waals surface area contributed by atoms with Crippen molar-refractivity contribution in [1.82, 2.24) is 0 Å². The number of aryl methyl sites for hydroxylation is 1. The molecule has 1 atom stereocenters. The minimum Gasteiger partial charge on any atom is -0.497 e. The number of hydrogen-bond acceptors (Lipinski definition) is 4. The summed E-state index contributed by atoms with van der Waals surface area (Å²) in [6, 6.07) is 14.9. The van der Waals surface area contributed by atoms with Crippen LogP contribution in [-0.2, 0) is 22.6 Å². The molecular formula is C29H30F2O5. The summed E-state index contributed by atoms with van der Waals surface area (Å²) in [6.07, 6.45) is 1.66. The standard InChI is InChI=1S/C29H30F2O5/c1-29(13-14-29)28(35-3)23-15-18(7-10-21(23)22-16-20(34-2)9-11-24(22)30)17-36-25-6-4-5-19(27(25)31)8-12-26(32)33/h4-7,9-11,15-16,28H,8,12-14,17H2,1-3H3,(H,32,33). The number of ether oxygens (including phenoxy) is 3. The van der Waals surface area contributed by atoms with Gasteiger partial charge in [0.2, 0.25) is 0 Å². The van der Waals surface area contributed by atoms with E-state index in [1.165, 1.54) is 19.2 Å². The second kappa shape index (κ2) is 10.7. The molecule has 1 fully saturated rings. The minimum atomic E-state index is -0.988. The van der Waals surface area contributed by atoms with E-state index in [1.54, 1.807) is 31.4 Å². The van der Waals surface area contributed by atoms with Crippen molar-refractivity contribution in [1.29, 1.82) is 0 Å². The molecule has 5 nitrogen and oxygen atoms in total. The van der Waals surface area contributed by atoms with Crippen LogP contribution in [0.2, 0.25) is 0 Å². The molecule has 190 valence electrons. The second-order valence-electron chi connectivity index (χ2n) is 9.45. The van der Waals surface area contributed by atoms with Crippen molar-refractivity contribution >= 4 is 5.97 Å². The van der Waals surface area contributed by atoms with Gasteiger partial charge in [0.15, 0.2) is 11.6 Å². The van der Waals surface area contributed by atoms with E-state index in [0.717, 1.165) is 24.0 Å². The summed E-state index contributed by atoms with van der Waals surface area (Å²) in [5.41, 5.74) is 2.97. The molecule has 3 aromatic carbocycles. The molecule has 1 N–H and O–H groups in total. The fraction of sp³-hybridized carbons (Fsp3) is 0.345. The number of halogens is 2. The summed E-state index contributed by atoms with van der Waals surface area (Å²) in [5, 5.41) is 8.90. The zero-order chi connectivity index (χ0) is 25.9. The fourth-order valence-electron chi connectivity index (χ4n) is 4.51. The minimum absolute atomic E-state index is 0.0527. The summed E-state index contributed by atoms with van der Waals surface area (Å²) < 4.78 is 46.8. The number of aliphatic carboxylic acids is 1.